The average Bonchev–Trinajstić information content (AvgIpc) is 2.78. The molecular formula is C23H27N9O2. The van der Waals surface area contributed by atoms with E-state index >= 15 is 0 Å². The predicted molar refractivity (Wildman–Crippen MR) is 128 cm³/mol. The van der Waals surface area contributed by atoms with Gasteiger partial charge >= 0.3 is 0 Å². The Kier molecular flexibility index (Phi) is 6.68. The molecule has 11 heteroatoms. The quantitative estimate of drug-likeness (QED) is 0.378. The fourth-order valence-corrected chi connectivity index (χ4v) is 4.40. The molecule has 0 radical (unpaired) electrons. The van der Waals surface area contributed by atoms with Crippen molar-refractivity contribution in [2.24, 2.45) is 4.99 Å². The van der Waals surface area contributed by atoms with Crippen LogP contribution in [-0.4, -0.2) is 54.3 Å². The molecule has 2 aliphatic heterocycles. The highest BCUT2D eigenvalue weighted by molar-refractivity contribution is 5.98. The van der Waals surface area contributed by atoms with Crippen LogP contribution in [0.2, 0.25) is 0 Å². The number of nitriles is 2. The summed E-state index contributed by atoms with van der Waals surface area (Å²) in [7, 11) is 0. The molecule has 0 aliphatic carbocycles. The van der Waals surface area contributed by atoms with Gasteiger partial charge < -0.3 is 26.3 Å². The standard InChI is InChI=1S/C23H27N9O2/c1-13-10-32(11-14(2)34-13)7-8-33-17-6-4-3-5-15(17)20-18-19(26)16(9-24)21(27)30-22(18)31-23(29-20)28-12-25/h3-6,13-14,20H,7-8,10-11H2,1-2H3,(H6,26,27,28,29,30,31). The number of aliphatic imine (C=N–C) groups is 1. The molecule has 34 heavy (non-hydrogen) atoms. The van der Waals surface area contributed by atoms with Crippen molar-refractivity contribution in [2.75, 3.05) is 43.0 Å². The van der Waals surface area contributed by atoms with Crippen molar-refractivity contribution in [1.29, 1.82) is 10.5 Å². The molecule has 0 bridgehead atoms. The Hall–Kier alpha value is -4.06. The molecule has 1 saturated heterocycles. The molecule has 0 spiro atoms. The third-order valence-electron chi connectivity index (χ3n) is 5.73. The summed E-state index contributed by atoms with van der Waals surface area (Å²) in [6, 6.07) is 8.84. The molecule has 1 aromatic carbocycles. The number of benzene rings is 1. The zero-order valence-electron chi connectivity index (χ0n) is 19.1. The van der Waals surface area contributed by atoms with E-state index in [1.807, 2.05) is 36.5 Å². The highest BCUT2D eigenvalue weighted by Crippen LogP contribution is 2.43. The summed E-state index contributed by atoms with van der Waals surface area (Å²) in [6.07, 6.45) is 2.21. The Bertz CT molecular complexity index is 1170. The third-order valence-corrected chi connectivity index (χ3v) is 5.73. The fraction of sp³-hybridized carbons (Fsp3) is 0.391. The molecule has 1 aromatic heterocycles. The van der Waals surface area contributed by atoms with Crippen LogP contribution >= 0.6 is 0 Å². The molecule has 1 fully saturated rings. The third kappa shape index (κ3) is 4.66. The van der Waals surface area contributed by atoms with E-state index < -0.39 is 6.04 Å². The van der Waals surface area contributed by atoms with Gasteiger partial charge in [0.15, 0.2) is 6.19 Å². The molecular weight excluding hydrogens is 434 g/mol. The molecule has 6 N–H and O–H groups in total. The van der Waals surface area contributed by atoms with Gasteiger partial charge in [0.2, 0.25) is 5.96 Å². The van der Waals surface area contributed by atoms with Crippen molar-refractivity contribution in [3.8, 4) is 18.0 Å². The van der Waals surface area contributed by atoms with E-state index in [2.05, 4.69) is 39.4 Å². The molecule has 3 heterocycles. The highest BCUT2D eigenvalue weighted by atomic mass is 16.5. The Balaban J connectivity index is 1.64. The van der Waals surface area contributed by atoms with Crippen LogP contribution in [0, 0.1) is 22.8 Å². The number of rotatable bonds is 5. The first-order chi connectivity index (χ1) is 16.4. The van der Waals surface area contributed by atoms with E-state index in [9.17, 15) is 5.26 Å². The number of aromatic nitrogens is 1. The second kappa shape index (κ2) is 9.83. The van der Waals surface area contributed by atoms with Gasteiger partial charge in [0.25, 0.3) is 0 Å². The molecule has 0 saturated carbocycles. The zero-order chi connectivity index (χ0) is 24.2. The van der Waals surface area contributed by atoms with Crippen molar-refractivity contribution in [3.05, 3.63) is 41.0 Å². The molecule has 11 nitrogen and oxygen atoms in total. The molecule has 0 amide bonds. The number of morpholine rings is 1. The normalized spacial score (nSPS) is 21.9. The summed E-state index contributed by atoms with van der Waals surface area (Å²) in [5.74, 6) is 1.16. The number of para-hydroxylation sites is 1. The lowest BCUT2D eigenvalue weighted by Gasteiger charge is -2.35. The van der Waals surface area contributed by atoms with Crippen LogP contribution in [0.5, 0.6) is 5.75 Å². The Morgan fingerprint density at radius 2 is 1.97 bits per heavy atom. The maximum atomic E-state index is 9.53. The number of fused-ring (bicyclic) bond motifs is 1. The Morgan fingerprint density at radius 3 is 2.68 bits per heavy atom. The average molecular weight is 462 g/mol. The van der Waals surface area contributed by atoms with E-state index in [1.165, 1.54) is 0 Å². The van der Waals surface area contributed by atoms with E-state index in [0.717, 1.165) is 25.2 Å². The van der Waals surface area contributed by atoms with Crippen molar-refractivity contribution in [1.82, 2.24) is 15.2 Å². The molecule has 2 aromatic rings. The minimum Gasteiger partial charge on any atom is -0.492 e. The maximum absolute atomic E-state index is 9.53. The topological polar surface area (TPSA) is 171 Å². The highest BCUT2D eigenvalue weighted by Gasteiger charge is 2.31. The van der Waals surface area contributed by atoms with Gasteiger partial charge in [0.1, 0.15) is 41.7 Å². The molecule has 176 valence electrons. The van der Waals surface area contributed by atoms with Gasteiger partial charge in [0, 0.05) is 30.8 Å². The van der Waals surface area contributed by atoms with Crippen LogP contribution < -0.4 is 26.8 Å². The number of ether oxygens (including phenoxy) is 2. The van der Waals surface area contributed by atoms with Gasteiger partial charge in [-0.3, -0.25) is 10.2 Å². The second-order valence-electron chi connectivity index (χ2n) is 8.31. The van der Waals surface area contributed by atoms with E-state index in [-0.39, 0.29) is 35.2 Å². The minimum atomic E-state index is -0.660. The number of hydrogen-bond donors (Lipinski definition) is 4. The summed E-state index contributed by atoms with van der Waals surface area (Å²) >= 11 is 0. The smallest absolute Gasteiger partial charge is 0.211 e. The summed E-state index contributed by atoms with van der Waals surface area (Å²) in [4.78, 5) is 11.2. The second-order valence-corrected chi connectivity index (χ2v) is 8.31. The number of hydrogen-bond acceptors (Lipinski definition) is 11. The van der Waals surface area contributed by atoms with Crippen molar-refractivity contribution < 1.29 is 9.47 Å². The van der Waals surface area contributed by atoms with E-state index in [0.29, 0.717) is 23.7 Å². The van der Waals surface area contributed by atoms with Crippen LogP contribution in [0.15, 0.2) is 29.3 Å². The minimum absolute atomic E-state index is 0.00158. The number of nitrogens with one attached hydrogen (secondary N) is 2. The van der Waals surface area contributed by atoms with Crippen molar-refractivity contribution in [3.63, 3.8) is 0 Å². The maximum Gasteiger partial charge on any atom is 0.211 e. The van der Waals surface area contributed by atoms with Gasteiger partial charge in [-0.2, -0.15) is 10.5 Å². The Labute approximate surface area is 198 Å². The van der Waals surface area contributed by atoms with Crippen LogP contribution in [-0.2, 0) is 4.74 Å². The number of anilines is 3. The van der Waals surface area contributed by atoms with Gasteiger partial charge in [-0.1, -0.05) is 18.2 Å². The lowest BCUT2D eigenvalue weighted by atomic mass is 9.94. The lowest BCUT2D eigenvalue weighted by molar-refractivity contribution is -0.0699. The van der Waals surface area contributed by atoms with Crippen molar-refractivity contribution in [2.45, 2.75) is 32.1 Å². The zero-order valence-corrected chi connectivity index (χ0v) is 19.1. The monoisotopic (exact) mass is 461 g/mol. The van der Waals surface area contributed by atoms with Crippen molar-refractivity contribution >= 4 is 23.3 Å². The predicted octanol–water partition coefficient (Wildman–Crippen LogP) is 1.55. The summed E-state index contributed by atoms with van der Waals surface area (Å²) in [5, 5.41) is 24.1. The number of nitrogens with zero attached hydrogens (tertiary/aromatic N) is 5. The van der Waals surface area contributed by atoms with Crippen LogP contribution in [0.25, 0.3) is 0 Å². The Morgan fingerprint density at radius 1 is 1.24 bits per heavy atom. The largest absolute Gasteiger partial charge is 0.492 e. The van der Waals surface area contributed by atoms with Gasteiger partial charge in [0.05, 0.1) is 17.9 Å². The molecule has 4 rings (SSSR count). The molecule has 3 unspecified atom stereocenters. The number of pyridine rings is 1. The van der Waals surface area contributed by atoms with Crippen LogP contribution in [0.4, 0.5) is 17.3 Å². The number of nitrogens with two attached hydrogens (primary N) is 2. The summed E-state index contributed by atoms with van der Waals surface area (Å²) < 4.78 is 12.0. The molecule has 3 atom stereocenters. The first kappa shape index (κ1) is 23.1. The number of nitrogen functional groups attached to an aromatic ring is 2. The number of guanidine groups is 1. The van der Waals surface area contributed by atoms with Crippen LogP contribution in [0.1, 0.15) is 36.6 Å². The van der Waals surface area contributed by atoms with E-state index in [1.54, 1.807) is 0 Å². The molecule has 2 aliphatic rings. The van der Waals surface area contributed by atoms with Gasteiger partial charge in [-0.05, 0) is 19.9 Å². The first-order valence-electron chi connectivity index (χ1n) is 11.0. The fourth-order valence-electron chi connectivity index (χ4n) is 4.40. The first-order valence-corrected chi connectivity index (χ1v) is 11.0. The summed E-state index contributed by atoms with van der Waals surface area (Å²) in [5.41, 5.74) is 13.8. The SMILES string of the molecule is CC1CN(CCOc2ccccc2C2N=C(NC#N)Nc3nc(N)c(C#N)c(N)c32)CC(C)O1. The lowest BCUT2D eigenvalue weighted by Crippen LogP contribution is -2.46. The van der Waals surface area contributed by atoms with Gasteiger partial charge in [-0.25, -0.2) is 9.98 Å². The van der Waals surface area contributed by atoms with Crippen LogP contribution in [0.3, 0.4) is 0 Å². The van der Waals surface area contributed by atoms with E-state index in [4.69, 9.17) is 26.2 Å². The summed E-state index contributed by atoms with van der Waals surface area (Å²) in [6.45, 7) is 7.06. The van der Waals surface area contributed by atoms with Gasteiger partial charge in [-0.15, -0.1) is 0 Å².